The molecule has 2 heterocycles. The Labute approximate surface area is 71.7 Å². The number of dihydropyridines is 1. The Bertz CT molecular complexity index is 301. The standard InChI is InChI=1S/C10H10N2/c1-3-7-11-9(5-1)10-6-2-4-8-12-10/h1-5,7-8,10H,6H2. The van der Waals surface area contributed by atoms with Crippen molar-refractivity contribution < 1.29 is 0 Å². The molecule has 0 saturated heterocycles. The maximum absolute atomic E-state index is 4.33. The fraction of sp³-hybridized carbons (Fsp3) is 0.200. The largest absolute Gasteiger partial charge is 0.283 e. The third kappa shape index (κ3) is 1.42. The van der Waals surface area contributed by atoms with Crippen LogP contribution in [0.15, 0.2) is 41.5 Å². The first-order valence-corrected chi connectivity index (χ1v) is 4.06. The fourth-order valence-electron chi connectivity index (χ4n) is 1.25. The summed E-state index contributed by atoms with van der Waals surface area (Å²) in [5.41, 5.74) is 1.05. The van der Waals surface area contributed by atoms with Crippen LogP contribution in [0.1, 0.15) is 18.2 Å². The second-order valence-corrected chi connectivity index (χ2v) is 2.73. The van der Waals surface area contributed by atoms with E-state index in [9.17, 15) is 0 Å². The summed E-state index contributed by atoms with van der Waals surface area (Å²) in [5.74, 6) is 0. The van der Waals surface area contributed by atoms with Gasteiger partial charge < -0.3 is 0 Å². The van der Waals surface area contributed by atoms with Gasteiger partial charge in [-0.3, -0.25) is 9.98 Å². The van der Waals surface area contributed by atoms with Gasteiger partial charge in [0.1, 0.15) is 0 Å². The van der Waals surface area contributed by atoms with Crippen LogP contribution in [-0.4, -0.2) is 11.2 Å². The molecule has 0 amide bonds. The van der Waals surface area contributed by atoms with Crippen molar-refractivity contribution in [1.29, 1.82) is 0 Å². The lowest BCUT2D eigenvalue weighted by Crippen LogP contribution is -1.99. The highest BCUT2D eigenvalue weighted by atomic mass is 14.8. The van der Waals surface area contributed by atoms with Crippen molar-refractivity contribution in [3.8, 4) is 0 Å². The van der Waals surface area contributed by atoms with Crippen LogP contribution in [0, 0.1) is 0 Å². The van der Waals surface area contributed by atoms with Gasteiger partial charge in [0.15, 0.2) is 0 Å². The Morgan fingerprint density at radius 1 is 1.33 bits per heavy atom. The molecule has 0 N–H and O–H groups in total. The molecule has 0 saturated carbocycles. The number of rotatable bonds is 1. The number of hydrogen-bond donors (Lipinski definition) is 0. The van der Waals surface area contributed by atoms with E-state index in [2.05, 4.69) is 16.1 Å². The number of nitrogens with zero attached hydrogens (tertiary/aromatic N) is 2. The van der Waals surface area contributed by atoms with Gasteiger partial charge in [-0.2, -0.15) is 0 Å². The van der Waals surface area contributed by atoms with Crippen LogP contribution in [0.4, 0.5) is 0 Å². The maximum Gasteiger partial charge on any atom is 0.0953 e. The van der Waals surface area contributed by atoms with Crippen LogP contribution in [-0.2, 0) is 0 Å². The van der Waals surface area contributed by atoms with Gasteiger partial charge >= 0.3 is 0 Å². The minimum Gasteiger partial charge on any atom is -0.283 e. The van der Waals surface area contributed by atoms with Crippen LogP contribution >= 0.6 is 0 Å². The van der Waals surface area contributed by atoms with Gasteiger partial charge in [-0.15, -0.1) is 0 Å². The number of hydrogen-bond acceptors (Lipinski definition) is 2. The topological polar surface area (TPSA) is 25.2 Å². The zero-order valence-electron chi connectivity index (χ0n) is 6.72. The highest BCUT2D eigenvalue weighted by Gasteiger charge is 2.09. The summed E-state index contributed by atoms with van der Waals surface area (Å²) in [6, 6.07) is 6.17. The van der Waals surface area contributed by atoms with Gasteiger partial charge in [-0.25, -0.2) is 0 Å². The Balaban J connectivity index is 2.21. The average molecular weight is 158 g/mol. The van der Waals surface area contributed by atoms with Gasteiger partial charge in [0.25, 0.3) is 0 Å². The van der Waals surface area contributed by atoms with E-state index in [0.29, 0.717) is 0 Å². The first kappa shape index (κ1) is 7.22. The molecule has 0 spiro atoms. The zero-order valence-corrected chi connectivity index (χ0v) is 6.72. The maximum atomic E-state index is 4.33. The Kier molecular flexibility index (Phi) is 1.99. The highest BCUT2D eigenvalue weighted by molar-refractivity contribution is 5.72. The second kappa shape index (κ2) is 3.30. The van der Waals surface area contributed by atoms with Gasteiger partial charge in [-0.05, 0) is 24.6 Å². The lowest BCUT2D eigenvalue weighted by Gasteiger charge is -2.10. The van der Waals surface area contributed by atoms with E-state index in [1.54, 1.807) is 0 Å². The molecule has 0 aliphatic carbocycles. The number of aromatic nitrogens is 1. The van der Waals surface area contributed by atoms with Crippen molar-refractivity contribution in [2.75, 3.05) is 0 Å². The van der Waals surface area contributed by atoms with E-state index in [4.69, 9.17) is 0 Å². The summed E-state index contributed by atoms with van der Waals surface area (Å²) in [6.07, 6.45) is 8.70. The van der Waals surface area contributed by atoms with E-state index in [-0.39, 0.29) is 6.04 Å². The third-order valence-electron chi connectivity index (χ3n) is 1.88. The molecule has 0 aromatic carbocycles. The first-order valence-electron chi connectivity index (χ1n) is 4.06. The third-order valence-corrected chi connectivity index (χ3v) is 1.88. The minimum absolute atomic E-state index is 0.233. The highest BCUT2D eigenvalue weighted by Crippen LogP contribution is 2.20. The molecule has 2 nitrogen and oxygen atoms in total. The number of pyridine rings is 1. The molecule has 2 rings (SSSR count). The van der Waals surface area contributed by atoms with E-state index >= 15 is 0 Å². The van der Waals surface area contributed by atoms with Gasteiger partial charge in [0, 0.05) is 12.4 Å². The normalized spacial score (nSPS) is 21.2. The molecular weight excluding hydrogens is 148 g/mol. The SMILES string of the molecule is C1=CCC(c2ccccn2)N=C1. The van der Waals surface area contributed by atoms with Crippen molar-refractivity contribution in [3.63, 3.8) is 0 Å². The molecule has 1 unspecified atom stereocenters. The summed E-state index contributed by atoms with van der Waals surface area (Å²) in [4.78, 5) is 8.58. The first-order chi connectivity index (χ1) is 5.97. The van der Waals surface area contributed by atoms with Crippen LogP contribution in [0.5, 0.6) is 0 Å². The van der Waals surface area contributed by atoms with Crippen molar-refractivity contribution in [2.24, 2.45) is 4.99 Å². The van der Waals surface area contributed by atoms with E-state index < -0.39 is 0 Å². The molecular formula is C10H10N2. The molecule has 0 radical (unpaired) electrons. The Hall–Kier alpha value is -1.44. The summed E-state index contributed by atoms with van der Waals surface area (Å²) in [7, 11) is 0. The molecule has 1 atom stereocenters. The molecule has 60 valence electrons. The van der Waals surface area contributed by atoms with E-state index in [1.807, 2.05) is 36.7 Å². The molecule has 12 heavy (non-hydrogen) atoms. The van der Waals surface area contributed by atoms with Crippen LogP contribution in [0.25, 0.3) is 0 Å². The van der Waals surface area contributed by atoms with Crippen LogP contribution < -0.4 is 0 Å². The smallest absolute Gasteiger partial charge is 0.0953 e. The second-order valence-electron chi connectivity index (χ2n) is 2.73. The fourth-order valence-corrected chi connectivity index (χ4v) is 1.25. The van der Waals surface area contributed by atoms with Gasteiger partial charge in [-0.1, -0.05) is 12.1 Å². The monoisotopic (exact) mass is 158 g/mol. The van der Waals surface area contributed by atoms with Crippen LogP contribution in [0.3, 0.4) is 0 Å². The predicted molar refractivity (Wildman–Crippen MR) is 49.2 cm³/mol. The lowest BCUT2D eigenvalue weighted by atomic mass is 10.1. The summed E-state index contributed by atoms with van der Waals surface area (Å²) in [6.45, 7) is 0. The summed E-state index contributed by atoms with van der Waals surface area (Å²) >= 11 is 0. The molecule has 0 bridgehead atoms. The summed E-state index contributed by atoms with van der Waals surface area (Å²) in [5, 5.41) is 0. The van der Waals surface area contributed by atoms with Crippen molar-refractivity contribution in [3.05, 3.63) is 42.2 Å². The lowest BCUT2D eigenvalue weighted by molar-refractivity contribution is 0.713. The molecule has 1 aromatic rings. The molecule has 1 aliphatic heterocycles. The number of allylic oxidation sites excluding steroid dienone is 1. The van der Waals surface area contributed by atoms with Gasteiger partial charge in [0.2, 0.25) is 0 Å². The molecule has 2 heteroatoms. The summed E-state index contributed by atoms with van der Waals surface area (Å²) < 4.78 is 0. The van der Waals surface area contributed by atoms with Crippen LogP contribution in [0.2, 0.25) is 0 Å². The van der Waals surface area contributed by atoms with Crippen molar-refractivity contribution in [2.45, 2.75) is 12.5 Å². The quantitative estimate of drug-likeness (QED) is 0.614. The molecule has 1 aliphatic rings. The van der Waals surface area contributed by atoms with E-state index in [1.165, 1.54) is 0 Å². The minimum atomic E-state index is 0.233. The average Bonchev–Trinajstić information content (AvgIpc) is 2.21. The van der Waals surface area contributed by atoms with E-state index in [0.717, 1.165) is 12.1 Å². The zero-order chi connectivity index (χ0) is 8.23. The predicted octanol–water partition coefficient (Wildman–Crippen LogP) is 2.15. The van der Waals surface area contributed by atoms with Gasteiger partial charge in [0.05, 0.1) is 11.7 Å². The number of aliphatic imine (C=N–C) groups is 1. The van der Waals surface area contributed by atoms with Crippen molar-refractivity contribution in [1.82, 2.24) is 4.98 Å². The molecule has 1 aromatic heterocycles. The molecule has 0 fully saturated rings. The van der Waals surface area contributed by atoms with Crippen molar-refractivity contribution >= 4 is 6.21 Å². The Morgan fingerprint density at radius 3 is 3.00 bits per heavy atom. The Morgan fingerprint density at radius 2 is 2.33 bits per heavy atom.